The van der Waals surface area contributed by atoms with Crippen molar-refractivity contribution in [1.29, 1.82) is 0 Å². The normalized spacial score (nSPS) is 24.5. The molecule has 1 atom stereocenters. The number of carbonyl (C=O) groups is 2. The molecule has 0 aromatic heterocycles. The Kier molecular flexibility index (Phi) is 3.40. The van der Waals surface area contributed by atoms with Crippen LogP contribution in [-0.2, 0) is 9.59 Å². The number of rotatable bonds is 1. The van der Waals surface area contributed by atoms with Crippen LogP contribution in [0.5, 0.6) is 0 Å². The number of hydrogen-bond donors (Lipinski definition) is 1. The molecule has 6 heteroatoms. The lowest BCUT2D eigenvalue weighted by atomic mass is 9.90. The summed E-state index contributed by atoms with van der Waals surface area (Å²) in [6, 6.07) is 3.39. The molecule has 1 aliphatic heterocycles. The molecule has 1 spiro atoms. The van der Waals surface area contributed by atoms with Crippen molar-refractivity contribution in [3.63, 3.8) is 0 Å². The molecule has 0 radical (unpaired) electrons. The van der Waals surface area contributed by atoms with Crippen LogP contribution in [0.2, 0.25) is 5.02 Å². The van der Waals surface area contributed by atoms with Crippen LogP contribution in [-0.4, -0.2) is 23.4 Å². The molecule has 1 unspecified atom stereocenters. The van der Waals surface area contributed by atoms with Crippen molar-refractivity contribution in [2.45, 2.75) is 44.2 Å². The van der Waals surface area contributed by atoms with E-state index in [9.17, 15) is 14.0 Å². The van der Waals surface area contributed by atoms with E-state index in [1.807, 2.05) is 0 Å². The van der Waals surface area contributed by atoms with E-state index >= 15 is 0 Å². The highest BCUT2D eigenvalue weighted by molar-refractivity contribution is 6.30. The molecule has 4 nitrogen and oxygen atoms in total. The van der Waals surface area contributed by atoms with Crippen molar-refractivity contribution < 1.29 is 14.0 Å². The summed E-state index contributed by atoms with van der Waals surface area (Å²) in [7, 11) is 0. The molecule has 2 aliphatic rings. The predicted octanol–water partition coefficient (Wildman–Crippen LogP) is 2.64. The first-order chi connectivity index (χ1) is 9.94. The Labute approximate surface area is 127 Å². The molecular formula is C15H16ClFN2O2. The van der Waals surface area contributed by atoms with Crippen molar-refractivity contribution in [1.82, 2.24) is 5.32 Å². The van der Waals surface area contributed by atoms with Crippen molar-refractivity contribution >= 4 is 29.1 Å². The Morgan fingerprint density at radius 3 is 2.62 bits per heavy atom. The van der Waals surface area contributed by atoms with Crippen LogP contribution in [0.25, 0.3) is 0 Å². The minimum atomic E-state index is -0.865. The molecule has 2 amide bonds. The van der Waals surface area contributed by atoms with Crippen molar-refractivity contribution in [2.75, 3.05) is 4.90 Å². The molecule has 3 rings (SSSR count). The second kappa shape index (κ2) is 4.98. The van der Waals surface area contributed by atoms with Crippen LogP contribution in [0.3, 0.4) is 0 Å². The Morgan fingerprint density at radius 1 is 1.33 bits per heavy atom. The second-order valence-electron chi connectivity index (χ2n) is 5.73. The zero-order valence-corrected chi connectivity index (χ0v) is 12.4. The van der Waals surface area contributed by atoms with E-state index in [0.717, 1.165) is 18.9 Å². The molecule has 1 aromatic rings. The van der Waals surface area contributed by atoms with Crippen LogP contribution in [0, 0.1) is 5.82 Å². The number of benzene rings is 1. The van der Waals surface area contributed by atoms with Gasteiger partial charge in [-0.1, -0.05) is 24.4 Å². The average molecular weight is 311 g/mol. The van der Waals surface area contributed by atoms with Gasteiger partial charge >= 0.3 is 0 Å². The minimum Gasteiger partial charge on any atom is -0.340 e. The van der Waals surface area contributed by atoms with Gasteiger partial charge in [-0.15, -0.1) is 0 Å². The number of carbonyl (C=O) groups excluding carboxylic acids is 2. The van der Waals surface area contributed by atoms with Crippen LogP contribution >= 0.6 is 11.6 Å². The Morgan fingerprint density at radius 2 is 2.00 bits per heavy atom. The number of nitrogens with one attached hydrogen (secondary N) is 1. The van der Waals surface area contributed by atoms with E-state index in [0.29, 0.717) is 12.8 Å². The van der Waals surface area contributed by atoms with Gasteiger partial charge in [0.25, 0.3) is 5.91 Å². The minimum absolute atomic E-state index is 0.109. The molecule has 112 valence electrons. The van der Waals surface area contributed by atoms with Crippen molar-refractivity contribution in [3.8, 4) is 0 Å². The lowest BCUT2D eigenvalue weighted by molar-refractivity contribution is -0.137. The fourth-order valence-corrected chi connectivity index (χ4v) is 3.39. The number of anilines is 1. The third-order valence-corrected chi connectivity index (χ3v) is 4.62. The maximum Gasteiger partial charge on any atom is 0.253 e. The van der Waals surface area contributed by atoms with E-state index in [1.54, 1.807) is 6.92 Å². The topological polar surface area (TPSA) is 49.4 Å². The highest BCUT2D eigenvalue weighted by atomic mass is 35.5. The van der Waals surface area contributed by atoms with Gasteiger partial charge in [0, 0.05) is 5.02 Å². The maximum atomic E-state index is 14.2. The third-order valence-electron chi connectivity index (χ3n) is 4.38. The smallest absolute Gasteiger partial charge is 0.253 e. The zero-order valence-electron chi connectivity index (χ0n) is 11.7. The second-order valence-corrected chi connectivity index (χ2v) is 6.16. The molecule has 21 heavy (non-hydrogen) atoms. The van der Waals surface area contributed by atoms with Gasteiger partial charge in [0.15, 0.2) is 0 Å². The average Bonchev–Trinajstić information content (AvgIpc) is 2.89. The highest BCUT2D eigenvalue weighted by Gasteiger charge is 2.51. The first-order valence-corrected chi connectivity index (χ1v) is 7.43. The van der Waals surface area contributed by atoms with Crippen LogP contribution in [0.15, 0.2) is 18.2 Å². The summed E-state index contributed by atoms with van der Waals surface area (Å²) in [5.41, 5.74) is -0.756. The number of amides is 2. The fourth-order valence-electron chi connectivity index (χ4n) is 3.23. The Hall–Kier alpha value is -1.62. The summed E-state index contributed by atoms with van der Waals surface area (Å²) >= 11 is 5.76. The predicted molar refractivity (Wildman–Crippen MR) is 77.7 cm³/mol. The van der Waals surface area contributed by atoms with E-state index in [2.05, 4.69) is 5.32 Å². The lowest BCUT2D eigenvalue weighted by Gasteiger charge is -2.43. The third kappa shape index (κ3) is 2.20. The number of piperazine rings is 1. The van der Waals surface area contributed by atoms with Gasteiger partial charge in [-0.25, -0.2) is 4.39 Å². The molecule has 1 aliphatic carbocycles. The molecule has 1 heterocycles. The van der Waals surface area contributed by atoms with Gasteiger partial charge in [0.05, 0.1) is 5.69 Å². The maximum absolute atomic E-state index is 14.2. The van der Waals surface area contributed by atoms with E-state index in [-0.39, 0.29) is 22.5 Å². The quantitative estimate of drug-likeness (QED) is 0.867. The molecule has 1 aromatic carbocycles. The molecule has 1 N–H and O–H groups in total. The summed E-state index contributed by atoms with van der Waals surface area (Å²) in [6.45, 7) is 1.60. The summed E-state index contributed by atoms with van der Waals surface area (Å²) in [6.07, 6.45) is 2.99. The molecule has 1 saturated carbocycles. The van der Waals surface area contributed by atoms with Gasteiger partial charge in [0.2, 0.25) is 5.91 Å². The SMILES string of the molecule is CC1C(=O)NC2(CCCC2)C(=O)N1c1ccc(Cl)cc1F. The summed E-state index contributed by atoms with van der Waals surface area (Å²) in [5.74, 6) is -1.07. The van der Waals surface area contributed by atoms with Gasteiger partial charge in [0.1, 0.15) is 17.4 Å². The highest BCUT2D eigenvalue weighted by Crippen LogP contribution is 2.37. The van der Waals surface area contributed by atoms with Gasteiger partial charge in [-0.2, -0.15) is 0 Å². The van der Waals surface area contributed by atoms with E-state index in [4.69, 9.17) is 11.6 Å². The Bertz CT molecular complexity index is 614. The largest absolute Gasteiger partial charge is 0.340 e. The number of nitrogens with zero attached hydrogens (tertiary/aromatic N) is 1. The van der Waals surface area contributed by atoms with Gasteiger partial charge < -0.3 is 5.32 Å². The van der Waals surface area contributed by atoms with Crippen LogP contribution in [0.4, 0.5) is 10.1 Å². The van der Waals surface area contributed by atoms with Crippen LogP contribution in [0.1, 0.15) is 32.6 Å². The Balaban J connectivity index is 2.05. The van der Waals surface area contributed by atoms with Crippen molar-refractivity contribution in [3.05, 3.63) is 29.0 Å². The van der Waals surface area contributed by atoms with Gasteiger partial charge in [-0.3, -0.25) is 14.5 Å². The first-order valence-electron chi connectivity index (χ1n) is 7.05. The van der Waals surface area contributed by atoms with Crippen molar-refractivity contribution in [2.24, 2.45) is 0 Å². The molecular weight excluding hydrogens is 295 g/mol. The zero-order chi connectivity index (χ0) is 15.2. The first kappa shape index (κ1) is 14.3. The monoisotopic (exact) mass is 310 g/mol. The molecule has 0 bridgehead atoms. The summed E-state index contributed by atoms with van der Waals surface area (Å²) in [4.78, 5) is 26.3. The van der Waals surface area contributed by atoms with E-state index in [1.165, 1.54) is 17.0 Å². The summed E-state index contributed by atoms with van der Waals surface area (Å²) in [5, 5.41) is 3.10. The van der Waals surface area contributed by atoms with E-state index < -0.39 is 17.4 Å². The fraction of sp³-hybridized carbons (Fsp3) is 0.467. The lowest BCUT2D eigenvalue weighted by Crippen LogP contribution is -2.69. The van der Waals surface area contributed by atoms with Gasteiger partial charge in [-0.05, 0) is 38.0 Å². The molecule has 2 fully saturated rings. The number of halogens is 2. The summed E-state index contributed by atoms with van der Waals surface area (Å²) < 4.78 is 14.2. The standard InChI is InChI=1S/C15H16ClFN2O2/c1-9-13(20)18-15(6-2-3-7-15)14(21)19(9)12-5-4-10(16)8-11(12)17/h4-5,8-9H,2-3,6-7H2,1H3,(H,18,20). The molecule has 1 saturated heterocycles. The number of hydrogen-bond acceptors (Lipinski definition) is 2. The van der Waals surface area contributed by atoms with Crippen LogP contribution < -0.4 is 10.2 Å².